The fourth-order valence-corrected chi connectivity index (χ4v) is 4.01. The van der Waals surface area contributed by atoms with E-state index in [9.17, 15) is 4.79 Å². The molecule has 6 heteroatoms. The van der Waals surface area contributed by atoms with Gasteiger partial charge in [0.1, 0.15) is 5.75 Å². The van der Waals surface area contributed by atoms with Crippen molar-refractivity contribution in [2.75, 3.05) is 6.61 Å². The largest absolute Gasteiger partial charge is 0.494 e. The lowest BCUT2D eigenvalue weighted by atomic mass is 9.96. The van der Waals surface area contributed by atoms with Crippen molar-refractivity contribution >= 4 is 33.0 Å². The third kappa shape index (κ3) is 4.76. The van der Waals surface area contributed by atoms with E-state index in [0.717, 1.165) is 32.5 Å². The van der Waals surface area contributed by atoms with Gasteiger partial charge in [-0.25, -0.2) is 4.98 Å². The predicted octanol–water partition coefficient (Wildman–Crippen LogP) is 6.54. The Kier molecular flexibility index (Phi) is 6.75. The van der Waals surface area contributed by atoms with Gasteiger partial charge < -0.3 is 4.74 Å². The Bertz CT molecular complexity index is 1390. The van der Waals surface area contributed by atoms with Crippen molar-refractivity contribution in [2.24, 2.45) is 5.10 Å². The average molecular weight is 504 g/mol. The maximum atomic E-state index is 13.5. The van der Waals surface area contributed by atoms with E-state index in [1.165, 1.54) is 4.68 Å². The Morgan fingerprint density at radius 3 is 2.55 bits per heavy atom. The maximum Gasteiger partial charge on any atom is 0.282 e. The van der Waals surface area contributed by atoms with Gasteiger partial charge in [0.2, 0.25) is 0 Å². The Morgan fingerprint density at radius 2 is 1.85 bits per heavy atom. The lowest BCUT2D eigenvalue weighted by Gasteiger charge is -2.18. The molecule has 0 amide bonds. The molecule has 0 saturated carbocycles. The number of hydrogen-bond acceptors (Lipinski definition) is 4. The van der Waals surface area contributed by atoms with Gasteiger partial charge in [-0.1, -0.05) is 54.0 Å². The minimum absolute atomic E-state index is 0.205. The van der Waals surface area contributed by atoms with Gasteiger partial charge in [0.05, 0.1) is 23.7 Å². The first-order valence-corrected chi connectivity index (χ1v) is 11.8. The highest BCUT2D eigenvalue weighted by molar-refractivity contribution is 9.10. The molecule has 1 aromatic heterocycles. The van der Waals surface area contributed by atoms with Crippen molar-refractivity contribution in [3.05, 3.63) is 92.2 Å². The van der Waals surface area contributed by atoms with Crippen LogP contribution >= 0.6 is 15.9 Å². The molecule has 168 valence electrons. The van der Waals surface area contributed by atoms with Gasteiger partial charge in [-0.15, -0.1) is 0 Å². The molecule has 0 spiro atoms. The molecule has 0 atom stereocenters. The maximum absolute atomic E-state index is 13.5. The van der Waals surface area contributed by atoms with E-state index in [1.54, 1.807) is 12.3 Å². The number of nitrogens with zero attached hydrogens (tertiary/aromatic N) is 3. The second kappa shape index (κ2) is 9.71. The summed E-state index contributed by atoms with van der Waals surface area (Å²) in [6.07, 6.45) is 1.68. The van der Waals surface area contributed by atoms with E-state index >= 15 is 0 Å². The monoisotopic (exact) mass is 503 g/mol. The minimum atomic E-state index is -0.205. The van der Waals surface area contributed by atoms with Crippen LogP contribution in [0.25, 0.3) is 22.3 Å². The van der Waals surface area contributed by atoms with Gasteiger partial charge in [0, 0.05) is 10.0 Å². The summed E-state index contributed by atoms with van der Waals surface area (Å²) >= 11 is 3.45. The van der Waals surface area contributed by atoms with Crippen molar-refractivity contribution in [1.82, 2.24) is 9.66 Å². The molecule has 0 saturated heterocycles. The first kappa shape index (κ1) is 22.9. The standard InChI is InChI=1S/C27H26BrN3O2/c1-5-33-25-14-18(4)23(15-22(25)17(2)3)26-30-24-9-7-6-8-21(24)27(32)31(26)29-16-19-10-12-20(28)13-11-19/h6-17H,5H2,1-4H3. The van der Waals surface area contributed by atoms with Gasteiger partial charge >= 0.3 is 0 Å². The van der Waals surface area contributed by atoms with Crippen LogP contribution < -0.4 is 10.3 Å². The first-order valence-electron chi connectivity index (χ1n) is 11.0. The second-order valence-corrected chi connectivity index (χ2v) is 9.07. The van der Waals surface area contributed by atoms with E-state index in [-0.39, 0.29) is 11.5 Å². The third-order valence-corrected chi connectivity index (χ3v) is 5.99. The van der Waals surface area contributed by atoms with E-state index < -0.39 is 0 Å². The van der Waals surface area contributed by atoms with Crippen LogP contribution in [0.15, 0.2) is 75.0 Å². The number of ether oxygens (including phenoxy) is 1. The van der Waals surface area contributed by atoms with Crippen LogP contribution in [0.3, 0.4) is 0 Å². The highest BCUT2D eigenvalue weighted by Crippen LogP contribution is 2.34. The Labute approximate surface area is 201 Å². The van der Waals surface area contributed by atoms with Crippen molar-refractivity contribution in [2.45, 2.75) is 33.6 Å². The smallest absolute Gasteiger partial charge is 0.282 e. The number of fused-ring (bicyclic) bond motifs is 1. The molecule has 1 heterocycles. The van der Waals surface area contributed by atoms with Crippen LogP contribution in [0.1, 0.15) is 43.4 Å². The number of rotatable bonds is 6. The number of aromatic nitrogens is 2. The zero-order valence-electron chi connectivity index (χ0n) is 19.2. The molecule has 0 aliphatic rings. The van der Waals surface area contributed by atoms with Crippen LogP contribution in [0.2, 0.25) is 0 Å². The molecule has 0 aliphatic carbocycles. The lowest BCUT2D eigenvalue weighted by molar-refractivity contribution is 0.335. The van der Waals surface area contributed by atoms with Gasteiger partial charge in [0.15, 0.2) is 5.82 Å². The molecule has 5 nitrogen and oxygen atoms in total. The molecular weight excluding hydrogens is 478 g/mol. The molecule has 0 aliphatic heterocycles. The highest BCUT2D eigenvalue weighted by Gasteiger charge is 2.18. The Morgan fingerprint density at radius 1 is 1.12 bits per heavy atom. The van der Waals surface area contributed by atoms with Gasteiger partial charge in [0.25, 0.3) is 5.56 Å². The van der Waals surface area contributed by atoms with Crippen molar-refractivity contribution in [1.29, 1.82) is 0 Å². The molecule has 0 unspecified atom stereocenters. The number of benzene rings is 3. The molecule has 0 N–H and O–H groups in total. The predicted molar refractivity (Wildman–Crippen MR) is 139 cm³/mol. The van der Waals surface area contributed by atoms with E-state index in [0.29, 0.717) is 23.3 Å². The van der Waals surface area contributed by atoms with Crippen LogP contribution in [0.5, 0.6) is 5.75 Å². The first-order chi connectivity index (χ1) is 15.9. The summed E-state index contributed by atoms with van der Waals surface area (Å²) in [6.45, 7) is 8.83. The molecular formula is C27H26BrN3O2. The molecule has 3 aromatic carbocycles. The SMILES string of the molecule is CCOc1cc(C)c(-c2nc3ccccc3c(=O)n2N=Cc2ccc(Br)cc2)cc1C(C)C. The number of aryl methyl sites for hydroxylation is 1. The highest BCUT2D eigenvalue weighted by atomic mass is 79.9. The third-order valence-electron chi connectivity index (χ3n) is 5.47. The van der Waals surface area contributed by atoms with Gasteiger partial charge in [-0.2, -0.15) is 9.78 Å². The summed E-state index contributed by atoms with van der Waals surface area (Å²) in [5.41, 5.74) is 4.23. The van der Waals surface area contributed by atoms with Crippen LogP contribution in [-0.4, -0.2) is 22.5 Å². The number of para-hydroxylation sites is 1. The summed E-state index contributed by atoms with van der Waals surface area (Å²) < 4.78 is 8.27. The zero-order chi connectivity index (χ0) is 23.5. The van der Waals surface area contributed by atoms with Crippen molar-refractivity contribution in [3.63, 3.8) is 0 Å². The fourth-order valence-electron chi connectivity index (χ4n) is 3.75. The fraction of sp³-hybridized carbons (Fsp3) is 0.222. The molecule has 33 heavy (non-hydrogen) atoms. The van der Waals surface area contributed by atoms with E-state index in [4.69, 9.17) is 9.72 Å². The molecule has 4 rings (SSSR count). The van der Waals surface area contributed by atoms with Crippen LogP contribution in [0.4, 0.5) is 0 Å². The van der Waals surface area contributed by atoms with Crippen molar-refractivity contribution < 1.29 is 4.74 Å². The van der Waals surface area contributed by atoms with Gasteiger partial charge in [-0.05, 0) is 72.9 Å². The number of hydrogen-bond donors (Lipinski definition) is 0. The molecule has 4 aromatic rings. The van der Waals surface area contributed by atoms with E-state index in [1.807, 2.05) is 62.4 Å². The van der Waals surface area contributed by atoms with Crippen molar-refractivity contribution in [3.8, 4) is 17.1 Å². The summed E-state index contributed by atoms with van der Waals surface area (Å²) in [4.78, 5) is 18.3. The summed E-state index contributed by atoms with van der Waals surface area (Å²) in [5, 5.41) is 5.11. The topological polar surface area (TPSA) is 56.5 Å². The molecule has 0 bridgehead atoms. The molecule has 0 fully saturated rings. The average Bonchev–Trinajstić information content (AvgIpc) is 2.80. The second-order valence-electron chi connectivity index (χ2n) is 8.16. The van der Waals surface area contributed by atoms with Crippen LogP contribution in [0, 0.1) is 6.92 Å². The Balaban J connectivity index is 1.97. The van der Waals surface area contributed by atoms with E-state index in [2.05, 4.69) is 40.9 Å². The quantitative estimate of drug-likeness (QED) is 0.280. The normalized spacial score (nSPS) is 11.6. The summed E-state index contributed by atoms with van der Waals surface area (Å²) in [5.74, 6) is 1.62. The number of halogens is 1. The van der Waals surface area contributed by atoms with Gasteiger partial charge in [-0.3, -0.25) is 4.79 Å². The summed E-state index contributed by atoms with van der Waals surface area (Å²) in [6, 6.07) is 19.2. The zero-order valence-corrected chi connectivity index (χ0v) is 20.8. The minimum Gasteiger partial charge on any atom is -0.494 e. The summed E-state index contributed by atoms with van der Waals surface area (Å²) in [7, 11) is 0. The molecule has 0 radical (unpaired) electrons. The lowest BCUT2D eigenvalue weighted by Crippen LogP contribution is -2.20. The Hall–Kier alpha value is -3.25. The van der Waals surface area contributed by atoms with Crippen LogP contribution in [-0.2, 0) is 0 Å².